The third-order valence-corrected chi connectivity index (χ3v) is 13.8. The van der Waals surface area contributed by atoms with E-state index < -0.39 is 84.6 Å². The number of phosphoric acid groups is 3. The van der Waals surface area contributed by atoms with Crippen molar-refractivity contribution in [2.24, 2.45) is 10.5 Å². The zero-order valence-corrected chi connectivity index (χ0v) is 40.3. The molecule has 3 aromatic rings. The van der Waals surface area contributed by atoms with E-state index in [4.69, 9.17) is 29.8 Å². The van der Waals surface area contributed by atoms with Crippen molar-refractivity contribution in [3.63, 3.8) is 0 Å². The van der Waals surface area contributed by atoms with Gasteiger partial charge in [-0.25, -0.2) is 28.6 Å². The number of thioether (sulfide) groups is 1. The lowest BCUT2D eigenvalue weighted by Crippen LogP contribution is -2.46. The molecule has 32 heteroatoms. The molecule has 3 unspecified atom stereocenters. The number of hydrogen-bond donors (Lipinski definition) is 9. The zero-order valence-electron chi connectivity index (χ0n) is 36.8. The Kier molecular flexibility index (Phi) is 21.8. The Morgan fingerprint density at radius 2 is 1.65 bits per heavy atom. The Morgan fingerprint density at radius 1 is 0.971 bits per heavy atom. The van der Waals surface area contributed by atoms with Crippen LogP contribution in [0.4, 0.5) is 11.5 Å². The molecule has 0 aliphatic carbocycles. The van der Waals surface area contributed by atoms with Crippen LogP contribution in [-0.2, 0) is 50.7 Å². The van der Waals surface area contributed by atoms with Gasteiger partial charge in [-0.3, -0.25) is 32.5 Å². The number of azide groups is 1. The standard InChI is InChI=1S/C36H55N10O18P3S/c1-36(2,31(50)34(51)40-15-14-26(47)39-16-18-68-27(48)9-7-5-3-4-6-8-17-59-24-12-10-23(11-13-24)44-45-38)20-61-67(57,58)64-66(55,56)60-19-25-30(63-65(52,53)54)29(49)35(62-25)46-22-43-28-32(37)41-21-42-33(28)46/h10-13,21-22,25,29-31,35,49-50H,3-9,14-20H2,1-2H3,(H,39,47)(H,40,51)(H,55,56)(H,57,58)(H2,37,41,42)(H2,52,53,54)/t25-,29-,30-,31?,35-/m1/s1. The smallest absolute Gasteiger partial charge is 0.481 e. The summed E-state index contributed by atoms with van der Waals surface area (Å²) in [5, 5.41) is 30.1. The number of fused-ring (bicyclic) bond motifs is 1. The fourth-order valence-corrected chi connectivity index (χ4v) is 9.85. The van der Waals surface area contributed by atoms with Gasteiger partial charge in [-0.15, -0.1) is 0 Å². The quantitative estimate of drug-likeness (QED) is 0.0152. The Labute approximate surface area is 393 Å². The SMILES string of the molecule is CC(C)(COP(=O)(O)OP(=O)(O)OC[C@H]1O[C@@H](n2cnc3c(N)ncnc32)[C@H](O)[C@@H]1OP(=O)(O)O)C(O)C(=O)NCCC(=O)NCCSC(=O)CCCCCCCCOc1ccc(N=[N+]=[N-])cc1. The van der Waals surface area contributed by atoms with E-state index in [1.54, 1.807) is 24.3 Å². The summed E-state index contributed by atoms with van der Waals surface area (Å²) in [4.78, 5) is 91.0. The molecule has 0 radical (unpaired) electrons. The summed E-state index contributed by atoms with van der Waals surface area (Å²) in [6.45, 7) is 1.03. The van der Waals surface area contributed by atoms with Gasteiger partial charge < -0.3 is 55.6 Å². The van der Waals surface area contributed by atoms with Gasteiger partial charge in [-0.05, 0) is 42.6 Å². The average Bonchev–Trinajstić information content (AvgIpc) is 3.83. The minimum atomic E-state index is -5.59. The summed E-state index contributed by atoms with van der Waals surface area (Å²) in [5.41, 5.74) is 13.2. The number of hydrogen-bond acceptors (Lipinski definition) is 20. The second kappa shape index (κ2) is 26.2. The summed E-state index contributed by atoms with van der Waals surface area (Å²) >= 11 is 1.11. The van der Waals surface area contributed by atoms with E-state index >= 15 is 0 Å². The van der Waals surface area contributed by atoms with E-state index in [0.717, 1.165) is 67.5 Å². The van der Waals surface area contributed by atoms with Crippen LogP contribution in [0.2, 0.25) is 0 Å². The number of aliphatic hydroxyl groups excluding tert-OH is 2. The predicted octanol–water partition coefficient (Wildman–Crippen LogP) is 3.42. The average molecular weight is 1040 g/mol. The third-order valence-electron chi connectivity index (χ3n) is 9.81. The Morgan fingerprint density at radius 3 is 2.34 bits per heavy atom. The number of rotatable bonds is 30. The number of carbonyl (C=O) groups is 3. The fourth-order valence-electron chi connectivity index (χ4n) is 6.30. The molecule has 1 aromatic carbocycles. The number of nitrogens with two attached hydrogens (primary N) is 1. The number of carbonyl (C=O) groups excluding carboxylic acids is 3. The van der Waals surface area contributed by atoms with E-state index in [-0.39, 0.29) is 41.6 Å². The Bertz CT molecular complexity index is 2360. The number of ether oxygens (including phenoxy) is 2. The van der Waals surface area contributed by atoms with E-state index in [9.17, 15) is 57.9 Å². The largest absolute Gasteiger partial charge is 0.494 e. The molecule has 28 nitrogen and oxygen atoms in total. The molecule has 1 saturated heterocycles. The molecule has 10 N–H and O–H groups in total. The summed E-state index contributed by atoms with van der Waals surface area (Å²) < 4.78 is 68.1. The van der Waals surface area contributed by atoms with Crippen molar-refractivity contribution in [3.05, 3.63) is 47.4 Å². The van der Waals surface area contributed by atoms with Crippen LogP contribution in [0, 0.1) is 5.41 Å². The van der Waals surface area contributed by atoms with Crippen LogP contribution >= 0.6 is 35.2 Å². The number of nitrogen functional groups attached to an aromatic ring is 1. The lowest BCUT2D eigenvalue weighted by Gasteiger charge is -2.30. The number of anilines is 1. The van der Waals surface area contributed by atoms with Crippen molar-refractivity contribution in [2.45, 2.75) is 95.9 Å². The summed E-state index contributed by atoms with van der Waals surface area (Å²) in [5.74, 6) is -0.419. The minimum absolute atomic E-state index is 0.0102. The third kappa shape index (κ3) is 18.7. The van der Waals surface area contributed by atoms with Crippen molar-refractivity contribution in [2.75, 3.05) is 44.4 Å². The van der Waals surface area contributed by atoms with E-state index in [1.165, 1.54) is 13.8 Å². The van der Waals surface area contributed by atoms with Crippen LogP contribution in [-0.4, -0.2) is 129 Å². The second-order valence-electron chi connectivity index (χ2n) is 15.7. The molecule has 0 spiro atoms. The van der Waals surface area contributed by atoms with Crippen LogP contribution in [0.1, 0.15) is 71.4 Å². The monoisotopic (exact) mass is 1040 g/mol. The van der Waals surface area contributed by atoms with E-state index in [2.05, 4.69) is 44.4 Å². The number of amides is 2. The molecule has 68 heavy (non-hydrogen) atoms. The zero-order chi connectivity index (χ0) is 50.1. The first kappa shape index (κ1) is 56.5. The minimum Gasteiger partial charge on any atom is -0.494 e. The molecule has 7 atom stereocenters. The van der Waals surface area contributed by atoms with Crippen LogP contribution < -0.4 is 21.1 Å². The lowest BCUT2D eigenvalue weighted by atomic mass is 9.87. The molecule has 378 valence electrons. The highest BCUT2D eigenvalue weighted by Crippen LogP contribution is 2.61. The number of aliphatic hydroxyl groups is 2. The number of unbranched alkanes of at least 4 members (excludes halogenated alkanes) is 5. The van der Waals surface area contributed by atoms with Gasteiger partial charge in [0.05, 0.1) is 26.1 Å². The highest BCUT2D eigenvalue weighted by molar-refractivity contribution is 8.13. The maximum atomic E-state index is 12.7. The van der Waals surface area contributed by atoms with Gasteiger partial charge in [0.1, 0.15) is 42.0 Å². The van der Waals surface area contributed by atoms with Gasteiger partial charge in [0.15, 0.2) is 22.8 Å². The van der Waals surface area contributed by atoms with Crippen molar-refractivity contribution < 1.29 is 85.2 Å². The molecule has 4 rings (SSSR count). The number of phosphoric ester groups is 3. The van der Waals surface area contributed by atoms with Crippen LogP contribution in [0.25, 0.3) is 21.6 Å². The van der Waals surface area contributed by atoms with Gasteiger partial charge >= 0.3 is 23.5 Å². The van der Waals surface area contributed by atoms with Gasteiger partial charge in [0.25, 0.3) is 0 Å². The van der Waals surface area contributed by atoms with Crippen molar-refractivity contribution in [1.29, 1.82) is 0 Å². The van der Waals surface area contributed by atoms with Crippen molar-refractivity contribution in [1.82, 2.24) is 30.2 Å². The van der Waals surface area contributed by atoms with Gasteiger partial charge in [0.2, 0.25) is 11.8 Å². The molecule has 2 aromatic heterocycles. The normalized spacial score (nSPS) is 19.6. The predicted molar refractivity (Wildman–Crippen MR) is 240 cm³/mol. The molecule has 0 saturated carbocycles. The molecule has 1 aliphatic rings. The Hall–Kier alpha value is -4.11. The maximum absolute atomic E-state index is 12.7. The molecular weight excluding hydrogens is 985 g/mol. The first-order chi connectivity index (χ1) is 32.0. The van der Waals surface area contributed by atoms with Gasteiger partial charge in [0, 0.05) is 47.7 Å². The highest BCUT2D eigenvalue weighted by Gasteiger charge is 2.50. The molecule has 3 heterocycles. The van der Waals surface area contributed by atoms with Crippen molar-refractivity contribution >= 4 is 74.8 Å². The first-order valence-corrected chi connectivity index (χ1v) is 26.3. The molecule has 2 amide bonds. The molecule has 0 bridgehead atoms. The van der Waals surface area contributed by atoms with Crippen LogP contribution in [0.5, 0.6) is 5.75 Å². The summed E-state index contributed by atoms with van der Waals surface area (Å²) in [6, 6.07) is 6.86. The van der Waals surface area contributed by atoms with Gasteiger partial charge in [-0.1, -0.05) is 56.4 Å². The lowest BCUT2D eigenvalue weighted by molar-refractivity contribution is -0.137. The van der Waals surface area contributed by atoms with E-state index in [0.29, 0.717) is 30.2 Å². The second-order valence-corrected chi connectivity index (χ2v) is 21.1. The first-order valence-electron chi connectivity index (χ1n) is 20.8. The number of aromatic nitrogens is 4. The topological polar surface area (TPSA) is 422 Å². The number of nitrogens with one attached hydrogen (secondary N) is 2. The molecule has 1 aliphatic heterocycles. The summed E-state index contributed by atoms with van der Waals surface area (Å²) in [6.07, 6.45) is -1.02. The van der Waals surface area contributed by atoms with Crippen molar-refractivity contribution in [3.8, 4) is 5.75 Å². The maximum Gasteiger partial charge on any atom is 0.481 e. The van der Waals surface area contributed by atoms with Crippen LogP contribution in [0.3, 0.4) is 0 Å². The fraction of sp³-hybridized carbons (Fsp3) is 0.611. The number of nitrogens with zero attached hydrogens (tertiary/aromatic N) is 7. The number of imidazole rings is 1. The number of benzene rings is 1. The Balaban J connectivity index is 1.08. The molecule has 1 fully saturated rings. The molecular formula is C36H55N10O18P3S. The van der Waals surface area contributed by atoms with Crippen LogP contribution in [0.15, 0.2) is 42.0 Å². The summed E-state index contributed by atoms with van der Waals surface area (Å²) in [7, 11) is -16.4. The highest BCUT2D eigenvalue weighted by atomic mass is 32.2. The van der Waals surface area contributed by atoms with E-state index in [1.807, 2.05) is 0 Å². The van der Waals surface area contributed by atoms with Gasteiger partial charge in [-0.2, -0.15) is 4.31 Å².